The van der Waals surface area contributed by atoms with Crippen LogP contribution in [0.5, 0.6) is 0 Å². The third-order valence-corrected chi connectivity index (χ3v) is 4.80. The first-order chi connectivity index (χ1) is 8.87. The molecule has 0 saturated carbocycles. The van der Waals surface area contributed by atoms with Crippen molar-refractivity contribution in [1.29, 1.82) is 0 Å². The van der Waals surface area contributed by atoms with Crippen molar-refractivity contribution in [2.75, 3.05) is 40.8 Å². The molecule has 0 heterocycles. The third kappa shape index (κ3) is 4.58. The highest BCUT2D eigenvalue weighted by Crippen LogP contribution is 2.15. The molecule has 0 amide bonds. The molecule has 0 atom stereocenters. The molecule has 0 aliphatic carbocycles. The smallest absolute Gasteiger partial charge is 0.242 e. The molecule has 1 aromatic carbocycles. The normalized spacial score (nSPS) is 12.3. The number of benzene rings is 1. The Morgan fingerprint density at radius 2 is 1.63 bits per heavy atom. The number of rotatable bonds is 7. The van der Waals surface area contributed by atoms with Crippen LogP contribution >= 0.6 is 0 Å². The minimum Gasteiger partial charge on any atom is -0.330 e. The van der Waals surface area contributed by atoms with Crippen LogP contribution in [0, 0.1) is 0 Å². The number of nitrogens with zero attached hydrogens (tertiary/aromatic N) is 2. The van der Waals surface area contributed by atoms with Crippen molar-refractivity contribution in [3.8, 4) is 0 Å². The zero-order valence-corrected chi connectivity index (χ0v) is 12.7. The second-order valence-corrected chi connectivity index (χ2v) is 6.86. The predicted molar refractivity (Wildman–Crippen MR) is 77.6 cm³/mol. The summed E-state index contributed by atoms with van der Waals surface area (Å²) >= 11 is 0. The summed E-state index contributed by atoms with van der Waals surface area (Å²) in [6.45, 7) is 1.73. The zero-order valence-electron chi connectivity index (χ0n) is 11.8. The summed E-state index contributed by atoms with van der Waals surface area (Å²) in [6.07, 6.45) is 0.761. The molecular weight excluding hydrogens is 262 g/mol. The topological polar surface area (TPSA) is 66.6 Å². The van der Waals surface area contributed by atoms with E-state index in [9.17, 15) is 8.42 Å². The average Bonchev–Trinajstić information content (AvgIpc) is 2.36. The van der Waals surface area contributed by atoms with Gasteiger partial charge in [0, 0.05) is 20.1 Å². The molecule has 0 aromatic heterocycles. The third-order valence-electron chi connectivity index (χ3n) is 2.93. The second-order valence-electron chi connectivity index (χ2n) is 4.81. The van der Waals surface area contributed by atoms with Gasteiger partial charge < -0.3 is 10.6 Å². The lowest BCUT2D eigenvalue weighted by molar-refractivity contribution is 0.358. The van der Waals surface area contributed by atoms with Crippen molar-refractivity contribution >= 4 is 10.0 Å². The lowest BCUT2D eigenvalue weighted by Gasteiger charge is -2.19. The summed E-state index contributed by atoms with van der Waals surface area (Å²) in [7, 11) is 2.05. The first kappa shape index (κ1) is 16.1. The summed E-state index contributed by atoms with van der Waals surface area (Å²) in [4.78, 5) is 2.28. The van der Waals surface area contributed by atoms with Gasteiger partial charge in [-0.25, -0.2) is 8.42 Å². The maximum Gasteiger partial charge on any atom is 0.242 e. The van der Waals surface area contributed by atoms with E-state index in [1.165, 1.54) is 4.31 Å². The van der Waals surface area contributed by atoms with Gasteiger partial charge in [0.25, 0.3) is 0 Å². The van der Waals surface area contributed by atoms with Gasteiger partial charge in [-0.3, -0.25) is 0 Å². The van der Waals surface area contributed by atoms with Gasteiger partial charge >= 0.3 is 0 Å². The molecule has 0 aliphatic rings. The molecule has 108 valence electrons. The van der Waals surface area contributed by atoms with E-state index in [1.807, 2.05) is 31.1 Å². The van der Waals surface area contributed by atoms with E-state index in [-0.39, 0.29) is 0 Å². The van der Waals surface area contributed by atoms with Gasteiger partial charge in [0.1, 0.15) is 0 Å². The van der Waals surface area contributed by atoms with Crippen LogP contribution in [0.2, 0.25) is 0 Å². The van der Waals surface area contributed by atoms with Gasteiger partial charge in [-0.2, -0.15) is 4.31 Å². The lowest BCUT2D eigenvalue weighted by Crippen LogP contribution is -2.33. The van der Waals surface area contributed by atoms with E-state index in [0.29, 0.717) is 24.5 Å². The Kier molecular flexibility index (Phi) is 5.93. The van der Waals surface area contributed by atoms with Crippen molar-refractivity contribution in [3.63, 3.8) is 0 Å². The summed E-state index contributed by atoms with van der Waals surface area (Å²) in [5.41, 5.74) is 6.52. The Labute approximate surface area is 116 Å². The molecule has 2 N–H and O–H groups in total. The SMILES string of the molecule is CN(C)CCN(C)S(=O)(=O)c1ccc(CCN)cc1. The van der Waals surface area contributed by atoms with Crippen molar-refractivity contribution in [2.24, 2.45) is 5.73 Å². The second kappa shape index (κ2) is 7.00. The summed E-state index contributed by atoms with van der Waals surface area (Å²) in [5, 5.41) is 0. The van der Waals surface area contributed by atoms with Crippen LogP contribution in [0.1, 0.15) is 5.56 Å². The minimum atomic E-state index is -3.39. The highest BCUT2D eigenvalue weighted by Gasteiger charge is 2.20. The van der Waals surface area contributed by atoms with Gasteiger partial charge in [0.05, 0.1) is 4.90 Å². The first-order valence-corrected chi connectivity index (χ1v) is 7.72. The number of likely N-dealkylation sites (N-methyl/N-ethyl adjacent to an activating group) is 2. The Bertz CT molecular complexity index is 483. The number of hydrogen-bond acceptors (Lipinski definition) is 4. The maximum atomic E-state index is 12.3. The molecule has 19 heavy (non-hydrogen) atoms. The van der Waals surface area contributed by atoms with E-state index < -0.39 is 10.0 Å². The molecular formula is C13H23N3O2S. The Morgan fingerprint density at radius 3 is 2.11 bits per heavy atom. The highest BCUT2D eigenvalue weighted by molar-refractivity contribution is 7.89. The number of hydrogen-bond donors (Lipinski definition) is 1. The van der Waals surface area contributed by atoms with Crippen molar-refractivity contribution in [3.05, 3.63) is 29.8 Å². The molecule has 6 heteroatoms. The fourth-order valence-corrected chi connectivity index (χ4v) is 2.80. The van der Waals surface area contributed by atoms with Crippen LogP contribution < -0.4 is 5.73 Å². The largest absolute Gasteiger partial charge is 0.330 e. The van der Waals surface area contributed by atoms with Crippen LogP contribution in [0.15, 0.2) is 29.2 Å². The first-order valence-electron chi connectivity index (χ1n) is 6.28. The minimum absolute atomic E-state index is 0.328. The fourth-order valence-electron chi connectivity index (χ4n) is 1.64. The Morgan fingerprint density at radius 1 is 1.05 bits per heavy atom. The highest BCUT2D eigenvalue weighted by atomic mass is 32.2. The summed E-state index contributed by atoms with van der Waals surface area (Å²) in [5.74, 6) is 0. The fraction of sp³-hybridized carbons (Fsp3) is 0.538. The average molecular weight is 285 g/mol. The van der Waals surface area contributed by atoms with E-state index in [1.54, 1.807) is 19.2 Å². The molecule has 0 spiro atoms. The molecule has 1 aromatic rings. The summed E-state index contributed by atoms with van der Waals surface area (Å²) < 4.78 is 26.0. The monoisotopic (exact) mass is 285 g/mol. The van der Waals surface area contributed by atoms with Gasteiger partial charge in [0.15, 0.2) is 0 Å². The molecule has 0 radical (unpaired) electrons. The molecule has 5 nitrogen and oxygen atoms in total. The Balaban J connectivity index is 2.81. The summed E-state index contributed by atoms with van der Waals surface area (Å²) in [6, 6.07) is 6.93. The Hall–Kier alpha value is -0.950. The van der Waals surface area contributed by atoms with Crippen molar-refractivity contribution in [1.82, 2.24) is 9.21 Å². The van der Waals surface area contributed by atoms with Gasteiger partial charge in [0.2, 0.25) is 10.0 Å². The van der Waals surface area contributed by atoms with E-state index in [2.05, 4.69) is 0 Å². The maximum absolute atomic E-state index is 12.3. The molecule has 0 saturated heterocycles. The van der Waals surface area contributed by atoms with E-state index in [4.69, 9.17) is 5.73 Å². The van der Waals surface area contributed by atoms with Crippen LogP contribution in [0.3, 0.4) is 0 Å². The van der Waals surface area contributed by atoms with Crippen molar-refractivity contribution < 1.29 is 8.42 Å². The van der Waals surface area contributed by atoms with Gasteiger partial charge in [-0.15, -0.1) is 0 Å². The van der Waals surface area contributed by atoms with Crippen LogP contribution in [-0.4, -0.2) is 58.4 Å². The molecule has 0 bridgehead atoms. The number of nitrogens with two attached hydrogens (primary N) is 1. The molecule has 0 unspecified atom stereocenters. The lowest BCUT2D eigenvalue weighted by atomic mass is 10.2. The predicted octanol–water partition coefficient (Wildman–Crippen LogP) is 0.370. The van der Waals surface area contributed by atoms with Gasteiger partial charge in [-0.1, -0.05) is 12.1 Å². The molecule has 0 aliphatic heterocycles. The standard InChI is InChI=1S/C13H23N3O2S/c1-15(2)10-11-16(3)19(17,18)13-6-4-12(5-7-13)8-9-14/h4-7H,8-11,14H2,1-3H3. The van der Waals surface area contributed by atoms with Crippen LogP contribution in [0.25, 0.3) is 0 Å². The molecule has 1 rings (SSSR count). The van der Waals surface area contributed by atoms with E-state index >= 15 is 0 Å². The molecule has 0 fully saturated rings. The van der Waals surface area contributed by atoms with Crippen molar-refractivity contribution in [2.45, 2.75) is 11.3 Å². The van der Waals surface area contributed by atoms with Crippen LogP contribution in [0.4, 0.5) is 0 Å². The quantitative estimate of drug-likeness (QED) is 0.786. The van der Waals surface area contributed by atoms with Crippen LogP contribution in [-0.2, 0) is 16.4 Å². The van der Waals surface area contributed by atoms with Gasteiger partial charge in [-0.05, 0) is 44.8 Å². The van der Waals surface area contributed by atoms with E-state index in [0.717, 1.165) is 12.0 Å². The zero-order chi connectivity index (χ0) is 14.5. The number of sulfonamides is 1.